The van der Waals surface area contributed by atoms with Crippen molar-refractivity contribution in [3.63, 3.8) is 0 Å². The van der Waals surface area contributed by atoms with E-state index in [9.17, 15) is 0 Å². The molecule has 0 amide bonds. The lowest BCUT2D eigenvalue weighted by molar-refractivity contribution is 0.401. The topological polar surface area (TPSA) is 25.8 Å². The molecule has 4 atom stereocenters. The molecule has 0 N–H and O–H groups in total. The monoisotopic (exact) mass is 1660 g/mol. The average Bonchev–Trinajstić information content (AvgIpc) is 1.65. The van der Waals surface area contributed by atoms with Gasteiger partial charge in [0.1, 0.15) is 11.0 Å². The number of thiophene rings is 4. The first-order valence-corrected chi connectivity index (χ1v) is 50.6. The third-order valence-electron chi connectivity index (χ3n) is 23.4. The van der Waals surface area contributed by atoms with Gasteiger partial charge in [-0.05, 0) is 128 Å². The highest BCUT2D eigenvalue weighted by Gasteiger charge is 2.31. The Morgan fingerprint density at radius 3 is 0.705 bits per heavy atom. The summed E-state index contributed by atoms with van der Waals surface area (Å²) in [6.07, 6.45) is 77.2. The fourth-order valence-corrected chi connectivity index (χ4v) is 23.6. The summed E-state index contributed by atoms with van der Waals surface area (Å²) in [6.45, 7) is 18.5. The van der Waals surface area contributed by atoms with Crippen LogP contribution in [0.3, 0.4) is 0 Å². The number of hydrogen-bond donors (Lipinski definition) is 0. The first-order valence-electron chi connectivity index (χ1n) is 45.0. The minimum Gasteiger partial charge on any atom is -0.203 e. The number of benzene rings is 1. The third-order valence-corrected chi connectivity index (χ3v) is 30.6. The molecule has 6 aromatic rings. The van der Waals surface area contributed by atoms with Crippen LogP contribution in [0.4, 0.5) is 8.78 Å². The maximum atomic E-state index is 18.4. The van der Waals surface area contributed by atoms with Crippen LogP contribution >= 0.6 is 88.9 Å². The highest BCUT2D eigenvalue weighted by Crippen LogP contribution is 2.52. The van der Waals surface area contributed by atoms with Crippen molar-refractivity contribution in [3.05, 3.63) is 65.7 Å². The second-order valence-electron chi connectivity index (χ2n) is 32.8. The third kappa shape index (κ3) is 34.9. The fraction of sp³-hybridized carbons (Fsp3) is 0.766. The molecule has 105 heavy (non-hydrogen) atoms. The largest absolute Gasteiger partial charge is 0.203 e. The lowest BCUT2D eigenvalue weighted by Crippen LogP contribution is -2.06. The Hall–Kier alpha value is -1.34. The molecule has 0 aliphatic heterocycles. The summed E-state index contributed by atoms with van der Waals surface area (Å²) in [6, 6.07) is 9.61. The lowest BCUT2D eigenvalue weighted by atomic mass is 9.88. The Kier molecular flexibility index (Phi) is 50.8. The maximum absolute atomic E-state index is 18.4. The number of hydrogen-bond acceptors (Lipinski definition) is 7. The summed E-state index contributed by atoms with van der Waals surface area (Å²) in [7, 11) is 0. The quantitative estimate of drug-likeness (QED) is 0.0356. The summed E-state index contributed by atoms with van der Waals surface area (Å²) in [5.41, 5.74) is 7.06. The second kappa shape index (κ2) is 57.6. The van der Waals surface area contributed by atoms with Gasteiger partial charge in [0.25, 0.3) is 0 Å². The Bertz CT molecular complexity index is 2930. The molecule has 0 saturated heterocycles. The molecule has 596 valence electrons. The summed E-state index contributed by atoms with van der Waals surface area (Å²) in [4.78, 5) is 6.59. The summed E-state index contributed by atoms with van der Waals surface area (Å²) in [5, 5.41) is 0. The van der Waals surface area contributed by atoms with Gasteiger partial charge in [-0.3, -0.25) is 0 Å². The van der Waals surface area contributed by atoms with Crippen LogP contribution in [-0.4, -0.2) is 8.75 Å². The first-order chi connectivity index (χ1) is 51.5. The zero-order valence-electron chi connectivity index (χ0n) is 68.5. The van der Waals surface area contributed by atoms with E-state index in [1.165, 1.54) is 409 Å². The van der Waals surface area contributed by atoms with E-state index in [2.05, 4.69) is 112 Å². The first kappa shape index (κ1) is 92.5. The number of nitrogens with zero attached hydrogens (tertiary/aromatic N) is 2. The van der Waals surface area contributed by atoms with E-state index in [-0.39, 0.29) is 0 Å². The van der Waals surface area contributed by atoms with E-state index < -0.39 is 11.6 Å². The minimum atomic E-state index is -0.774. The van der Waals surface area contributed by atoms with Crippen LogP contribution in [0.15, 0.2) is 31.8 Å². The predicted molar refractivity (Wildman–Crippen MR) is 479 cm³/mol. The van der Waals surface area contributed by atoms with E-state index in [0.717, 1.165) is 47.2 Å². The van der Waals surface area contributed by atoms with E-state index in [4.69, 9.17) is 8.75 Å². The molecule has 0 aliphatic rings. The Morgan fingerprint density at radius 2 is 0.467 bits per heavy atom. The molecule has 0 bridgehead atoms. The predicted octanol–water partition coefficient (Wildman–Crippen LogP) is 37.0. The SMILES string of the molecule is CCCCCCCCCCC(CCCCCCCC)Cc1cc(-c2c(F)c(F)c(-c3cc(CC(CCCCCCCC)CCCCCCCCCC)c(-c4cc(CC(CCCCCC)CCCCCCCC)c(Br)s4)s3)c3nsnc23)sc1-c1cc(CC(CCCCCC)CCCCCCCC)c(Br)s1. The molecular formula is C94H152Br2F2N2S5. The number of halogens is 4. The lowest BCUT2D eigenvalue weighted by Gasteiger charge is -2.18. The van der Waals surface area contributed by atoms with Gasteiger partial charge in [0.15, 0.2) is 11.6 Å². The van der Waals surface area contributed by atoms with Crippen molar-refractivity contribution in [3.8, 4) is 40.4 Å². The Balaban J connectivity index is 1.45. The van der Waals surface area contributed by atoms with E-state index in [0.29, 0.717) is 45.8 Å². The van der Waals surface area contributed by atoms with Crippen LogP contribution in [0.1, 0.15) is 437 Å². The molecule has 1 aromatic carbocycles. The van der Waals surface area contributed by atoms with Gasteiger partial charge >= 0.3 is 0 Å². The fourth-order valence-electron chi connectivity index (χ4n) is 16.9. The van der Waals surface area contributed by atoms with Crippen LogP contribution in [0.5, 0.6) is 0 Å². The van der Waals surface area contributed by atoms with Crippen molar-refractivity contribution in [2.45, 2.75) is 441 Å². The summed E-state index contributed by atoms with van der Waals surface area (Å²) < 4.78 is 49.5. The second-order valence-corrected chi connectivity index (χ2v) is 40.2. The molecule has 2 nitrogen and oxygen atoms in total. The molecule has 5 heterocycles. The molecule has 0 spiro atoms. The van der Waals surface area contributed by atoms with Crippen molar-refractivity contribution in [1.82, 2.24) is 8.75 Å². The summed E-state index contributed by atoms with van der Waals surface area (Å²) >= 11 is 16.6. The molecule has 11 heteroatoms. The maximum Gasteiger partial charge on any atom is 0.170 e. The molecular weight excluding hydrogens is 1520 g/mol. The van der Waals surface area contributed by atoms with Gasteiger partial charge in [-0.25, -0.2) is 8.78 Å². The van der Waals surface area contributed by atoms with Gasteiger partial charge in [0.05, 0.1) is 30.4 Å². The molecule has 4 unspecified atom stereocenters. The number of aromatic nitrogens is 2. The highest BCUT2D eigenvalue weighted by atomic mass is 79.9. The molecule has 0 fully saturated rings. The molecule has 0 aliphatic carbocycles. The van der Waals surface area contributed by atoms with E-state index in [1.807, 2.05) is 22.7 Å². The average molecular weight is 1670 g/mol. The van der Waals surface area contributed by atoms with Crippen LogP contribution < -0.4 is 0 Å². The zero-order valence-corrected chi connectivity index (χ0v) is 75.7. The number of unbranched alkanes of at least 4 members (excludes halogenated alkanes) is 40. The van der Waals surface area contributed by atoms with Crippen LogP contribution in [0.2, 0.25) is 0 Å². The van der Waals surface area contributed by atoms with Crippen molar-refractivity contribution in [2.75, 3.05) is 0 Å². The van der Waals surface area contributed by atoms with Gasteiger partial charge in [0, 0.05) is 29.3 Å². The van der Waals surface area contributed by atoms with Crippen molar-refractivity contribution in [1.29, 1.82) is 0 Å². The van der Waals surface area contributed by atoms with Crippen LogP contribution in [0, 0.1) is 35.3 Å². The highest BCUT2D eigenvalue weighted by molar-refractivity contribution is 9.11. The minimum absolute atomic E-state index is 0.299. The van der Waals surface area contributed by atoms with Gasteiger partial charge in [-0.2, -0.15) is 8.75 Å². The van der Waals surface area contributed by atoms with Crippen molar-refractivity contribution >= 4 is 100.0 Å². The number of fused-ring (bicyclic) bond motifs is 1. The number of rotatable bonds is 68. The smallest absolute Gasteiger partial charge is 0.170 e. The zero-order chi connectivity index (χ0) is 74.9. The molecule has 0 saturated carbocycles. The summed E-state index contributed by atoms with van der Waals surface area (Å²) in [5.74, 6) is 0.838. The standard InChI is InChI=1S/C94H152Br2F2N2S5/c1-9-17-25-33-39-41-47-55-61-73(59-51-43-35-27-19-11-3)65-77-69-81(101-91(77)83-71-79(93(95)103-83)67-75(57-49-31-23-15-7)63-53-45-37-29-21-13-5)85-87(97)88(98)86(90-89(85)99-105-100-90)82-70-78(66-74(60-52-44-36-28-20-12-4)62-56-48-42-40-34-26-18-10-2)92(102-82)84-72-80(94(96)104-84)68-76(58-50-32-24-16-8)64-54-46-38-30-22-14-6/h69-76H,9-68H2,1-8H3. The van der Waals surface area contributed by atoms with E-state index >= 15 is 8.78 Å². The Labute approximate surface area is 682 Å². The van der Waals surface area contributed by atoms with Crippen LogP contribution in [0.25, 0.3) is 51.4 Å². The van der Waals surface area contributed by atoms with Gasteiger partial charge < -0.3 is 0 Å². The van der Waals surface area contributed by atoms with Crippen molar-refractivity contribution in [2.24, 2.45) is 23.7 Å². The molecule has 6 rings (SSSR count). The van der Waals surface area contributed by atoms with Gasteiger partial charge in [-0.15, -0.1) is 45.3 Å². The van der Waals surface area contributed by atoms with Gasteiger partial charge in [0.2, 0.25) is 0 Å². The molecule has 5 aromatic heterocycles. The van der Waals surface area contributed by atoms with E-state index in [1.54, 1.807) is 22.7 Å². The molecule has 0 radical (unpaired) electrons. The normalized spacial score (nSPS) is 13.2. The van der Waals surface area contributed by atoms with Crippen molar-refractivity contribution < 1.29 is 8.78 Å². The Morgan fingerprint density at radius 1 is 0.267 bits per heavy atom. The van der Waals surface area contributed by atoms with Gasteiger partial charge in [-0.1, -0.05) is 415 Å². The van der Waals surface area contributed by atoms with Crippen LogP contribution in [-0.2, 0) is 25.7 Å².